The molecule has 33 heavy (non-hydrogen) atoms. The lowest BCUT2D eigenvalue weighted by molar-refractivity contribution is -0.117. The summed E-state index contributed by atoms with van der Waals surface area (Å²) in [6.07, 6.45) is 0. The van der Waals surface area contributed by atoms with E-state index in [4.69, 9.17) is 14.2 Å². The van der Waals surface area contributed by atoms with Gasteiger partial charge < -0.3 is 24.8 Å². The monoisotopic (exact) mass is 447 g/mol. The Morgan fingerprint density at radius 3 is 2.52 bits per heavy atom. The van der Waals surface area contributed by atoms with Gasteiger partial charge in [-0.25, -0.2) is 0 Å². The predicted molar refractivity (Wildman–Crippen MR) is 125 cm³/mol. The molecule has 0 aromatic heterocycles. The number of benzene rings is 3. The third kappa shape index (κ3) is 5.61. The summed E-state index contributed by atoms with van der Waals surface area (Å²) in [4.78, 5) is 27.3. The minimum atomic E-state index is -0.315. The third-order valence-electron chi connectivity index (χ3n) is 5.10. The molecule has 0 fully saturated rings. The first-order chi connectivity index (χ1) is 16.0. The van der Waals surface area contributed by atoms with Gasteiger partial charge >= 0.3 is 0 Å². The Balaban J connectivity index is 1.36. The van der Waals surface area contributed by atoms with Crippen LogP contribution in [0.1, 0.15) is 15.9 Å². The van der Waals surface area contributed by atoms with E-state index in [2.05, 4.69) is 10.6 Å². The molecule has 3 aromatic carbocycles. The number of nitrogens with zero attached hydrogens (tertiary/aromatic N) is 1. The highest BCUT2D eigenvalue weighted by atomic mass is 16.7. The van der Waals surface area contributed by atoms with Crippen molar-refractivity contribution in [3.63, 3.8) is 0 Å². The Labute approximate surface area is 192 Å². The first-order valence-corrected chi connectivity index (χ1v) is 10.4. The molecular weight excluding hydrogens is 422 g/mol. The van der Waals surface area contributed by atoms with Gasteiger partial charge in [-0.1, -0.05) is 18.2 Å². The van der Waals surface area contributed by atoms with E-state index in [1.54, 1.807) is 55.6 Å². The van der Waals surface area contributed by atoms with Crippen LogP contribution in [0, 0.1) is 0 Å². The van der Waals surface area contributed by atoms with Crippen LogP contribution >= 0.6 is 0 Å². The smallest absolute Gasteiger partial charge is 0.257 e. The van der Waals surface area contributed by atoms with Gasteiger partial charge in [-0.3, -0.25) is 14.5 Å². The zero-order valence-corrected chi connectivity index (χ0v) is 18.5. The number of carbonyl (C=O) groups excluding carboxylic acids is 2. The molecule has 0 bridgehead atoms. The minimum absolute atomic E-state index is 0.156. The lowest BCUT2D eigenvalue weighted by atomic mass is 10.1. The van der Waals surface area contributed by atoms with Crippen LogP contribution in [-0.2, 0) is 11.3 Å². The van der Waals surface area contributed by atoms with E-state index in [1.807, 2.05) is 30.1 Å². The number of methoxy groups -OCH3 is 1. The molecule has 0 atom stereocenters. The summed E-state index contributed by atoms with van der Waals surface area (Å²) in [5.74, 6) is 1.60. The number of hydrogen-bond donors (Lipinski definition) is 2. The van der Waals surface area contributed by atoms with Gasteiger partial charge in [0.25, 0.3) is 5.91 Å². The fourth-order valence-corrected chi connectivity index (χ4v) is 3.50. The number of nitrogens with one attached hydrogen (secondary N) is 2. The van der Waals surface area contributed by atoms with Crippen molar-refractivity contribution in [1.82, 2.24) is 4.90 Å². The fourth-order valence-electron chi connectivity index (χ4n) is 3.50. The Kier molecular flexibility index (Phi) is 6.75. The molecule has 0 radical (unpaired) electrons. The maximum atomic E-state index is 12.8. The van der Waals surface area contributed by atoms with Crippen LogP contribution in [0.15, 0.2) is 66.7 Å². The number of rotatable bonds is 8. The zero-order chi connectivity index (χ0) is 23.2. The number of hydrogen-bond acceptors (Lipinski definition) is 6. The first-order valence-electron chi connectivity index (χ1n) is 10.4. The van der Waals surface area contributed by atoms with Crippen molar-refractivity contribution in [3.05, 3.63) is 77.9 Å². The van der Waals surface area contributed by atoms with Crippen molar-refractivity contribution in [2.24, 2.45) is 0 Å². The molecule has 8 nitrogen and oxygen atoms in total. The molecule has 1 heterocycles. The summed E-state index contributed by atoms with van der Waals surface area (Å²) in [6.45, 7) is 0.940. The molecule has 0 aliphatic carbocycles. The maximum Gasteiger partial charge on any atom is 0.257 e. The highest BCUT2D eigenvalue weighted by molar-refractivity contribution is 6.10. The summed E-state index contributed by atoms with van der Waals surface area (Å²) in [7, 11) is 3.44. The number of likely N-dealkylation sites (N-methyl/N-ethyl adjacent to an activating group) is 1. The Bertz CT molecular complexity index is 1150. The van der Waals surface area contributed by atoms with E-state index in [-0.39, 0.29) is 25.2 Å². The van der Waals surface area contributed by atoms with E-state index in [1.165, 1.54) is 0 Å². The number of amides is 2. The number of carbonyl (C=O) groups is 2. The Morgan fingerprint density at radius 2 is 1.73 bits per heavy atom. The fraction of sp³-hybridized carbons (Fsp3) is 0.200. The van der Waals surface area contributed by atoms with Crippen molar-refractivity contribution >= 4 is 23.2 Å². The SMILES string of the molecule is COc1ccc(NC(=O)c2ccccc2NC(=O)CN(C)Cc2ccc3c(c2)OCO3)cc1. The average Bonchev–Trinajstić information content (AvgIpc) is 3.27. The van der Waals surface area contributed by atoms with Gasteiger partial charge in [0.1, 0.15) is 5.75 Å². The van der Waals surface area contributed by atoms with Crippen LogP contribution in [0.25, 0.3) is 0 Å². The molecule has 2 N–H and O–H groups in total. The summed E-state index contributed by atoms with van der Waals surface area (Å²) in [6, 6.07) is 19.7. The van der Waals surface area contributed by atoms with Gasteiger partial charge in [0, 0.05) is 12.2 Å². The molecule has 8 heteroatoms. The van der Waals surface area contributed by atoms with E-state index in [9.17, 15) is 9.59 Å². The van der Waals surface area contributed by atoms with Crippen LogP contribution < -0.4 is 24.8 Å². The minimum Gasteiger partial charge on any atom is -0.497 e. The molecular formula is C25H25N3O5. The summed E-state index contributed by atoms with van der Waals surface area (Å²) >= 11 is 0. The van der Waals surface area contributed by atoms with E-state index >= 15 is 0 Å². The normalized spacial score (nSPS) is 11.8. The predicted octanol–water partition coefficient (Wildman–Crippen LogP) is 3.75. The van der Waals surface area contributed by atoms with Crippen LogP contribution in [0.3, 0.4) is 0 Å². The quantitative estimate of drug-likeness (QED) is 0.547. The van der Waals surface area contributed by atoms with Crippen molar-refractivity contribution in [2.75, 3.05) is 38.1 Å². The van der Waals surface area contributed by atoms with Gasteiger partial charge in [0.2, 0.25) is 12.7 Å². The van der Waals surface area contributed by atoms with Crippen LogP contribution in [0.4, 0.5) is 11.4 Å². The van der Waals surface area contributed by atoms with Crippen LogP contribution in [0.5, 0.6) is 17.2 Å². The van der Waals surface area contributed by atoms with Gasteiger partial charge in [-0.15, -0.1) is 0 Å². The molecule has 4 rings (SSSR count). The van der Waals surface area contributed by atoms with Gasteiger partial charge in [0.15, 0.2) is 11.5 Å². The molecule has 0 spiro atoms. The molecule has 3 aromatic rings. The number of anilines is 2. The number of para-hydroxylation sites is 1. The average molecular weight is 447 g/mol. The number of ether oxygens (including phenoxy) is 3. The molecule has 170 valence electrons. The van der Waals surface area contributed by atoms with Gasteiger partial charge in [-0.05, 0) is 61.1 Å². The van der Waals surface area contributed by atoms with E-state index in [0.717, 1.165) is 11.3 Å². The second-order valence-electron chi connectivity index (χ2n) is 7.64. The lowest BCUT2D eigenvalue weighted by Crippen LogP contribution is -2.30. The van der Waals surface area contributed by atoms with Crippen molar-refractivity contribution < 1.29 is 23.8 Å². The first kappa shape index (κ1) is 22.2. The van der Waals surface area contributed by atoms with Crippen LogP contribution in [-0.4, -0.2) is 44.2 Å². The molecule has 1 aliphatic rings. The second-order valence-corrected chi connectivity index (χ2v) is 7.64. The maximum absolute atomic E-state index is 12.8. The molecule has 0 saturated heterocycles. The third-order valence-corrected chi connectivity index (χ3v) is 5.10. The van der Waals surface area contributed by atoms with Crippen LogP contribution in [0.2, 0.25) is 0 Å². The van der Waals surface area contributed by atoms with E-state index in [0.29, 0.717) is 35.0 Å². The van der Waals surface area contributed by atoms with Crippen molar-refractivity contribution in [3.8, 4) is 17.2 Å². The van der Waals surface area contributed by atoms with Crippen molar-refractivity contribution in [1.29, 1.82) is 0 Å². The van der Waals surface area contributed by atoms with Gasteiger partial charge in [0.05, 0.1) is 24.9 Å². The number of fused-ring (bicyclic) bond motifs is 1. The lowest BCUT2D eigenvalue weighted by Gasteiger charge is -2.17. The largest absolute Gasteiger partial charge is 0.497 e. The molecule has 0 unspecified atom stereocenters. The highest BCUT2D eigenvalue weighted by Gasteiger charge is 2.16. The summed E-state index contributed by atoms with van der Waals surface area (Å²) in [5.41, 5.74) is 2.46. The van der Waals surface area contributed by atoms with Gasteiger partial charge in [-0.2, -0.15) is 0 Å². The molecule has 2 amide bonds. The van der Waals surface area contributed by atoms with Crippen molar-refractivity contribution in [2.45, 2.75) is 6.54 Å². The topological polar surface area (TPSA) is 89.1 Å². The Morgan fingerprint density at radius 1 is 0.970 bits per heavy atom. The Hall–Kier alpha value is -4.04. The second kappa shape index (κ2) is 10.1. The zero-order valence-electron chi connectivity index (χ0n) is 18.5. The standard InChI is InChI=1S/C25H25N3O5/c1-28(14-17-7-12-22-23(13-17)33-16-32-22)15-24(29)27-21-6-4-3-5-20(21)25(30)26-18-8-10-19(31-2)11-9-18/h3-13H,14-16H2,1-2H3,(H,26,30)(H,27,29). The highest BCUT2D eigenvalue weighted by Crippen LogP contribution is 2.32. The summed E-state index contributed by atoms with van der Waals surface area (Å²) < 4.78 is 15.9. The molecule has 1 aliphatic heterocycles. The summed E-state index contributed by atoms with van der Waals surface area (Å²) in [5, 5.41) is 5.69. The molecule has 0 saturated carbocycles. The van der Waals surface area contributed by atoms with E-state index < -0.39 is 0 Å².